The minimum Gasteiger partial charge on any atom is -0.410 e. The topological polar surface area (TPSA) is 122 Å². The van der Waals surface area contributed by atoms with Crippen LogP contribution in [0.1, 0.15) is 11.1 Å². The van der Waals surface area contributed by atoms with Gasteiger partial charge in [0, 0.05) is 26.2 Å². The van der Waals surface area contributed by atoms with Gasteiger partial charge in [0.05, 0.1) is 4.90 Å². The zero-order valence-electron chi connectivity index (χ0n) is 19.2. The van der Waals surface area contributed by atoms with Crippen LogP contribution in [0.5, 0.6) is 5.75 Å². The van der Waals surface area contributed by atoms with E-state index in [9.17, 15) is 22.4 Å². The highest BCUT2D eigenvalue weighted by atomic mass is 32.2. The minimum atomic E-state index is -4.24. The Hall–Kier alpha value is -3.80. The number of nitrogens with zero attached hydrogens (tertiary/aromatic N) is 2. The number of halogens is 1. The second kappa shape index (κ2) is 10.9. The lowest BCUT2D eigenvalue weighted by Gasteiger charge is -2.28. The van der Waals surface area contributed by atoms with Gasteiger partial charge in [-0.05, 0) is 47.5 Å². The summed E-state index contributed by atoms with van der Waals surface area (Å²) in [6, 6.07) is 19.8. The molecule has 2 amide bonds. The number of ether oxygens (including phenoxy) is 1. The molecule has 0 radical (unpaired) electrons. The van der Waals surface area contributed by atoms with Crippen LogP contribution >= 0.6 is 0 Å². The fraction of sp³-hybridized carbons (Fsp3) is 0.200. The largest absolute Gasteiger partial charge is 0.417 e. The molecule has 9 nitrogen and oxygen atoms in total. The number of hydrogen-bond donors (Lipinski definition) is 2. The molecule has 188 valence electrons. The number of hydrogen-bond acceptors (Lipinski definition) is 6. The summed E-state index contributed by atoms with van der Waals surface area (Å²) < 4.78 is 46.4. The van der Waals surface area contributed by atoms with Crippen LogP contribution in [-0.4, -0.2) is 48.9 Å². The number of sulfonamides is 1. The second-order valence-electron chi connectivity index (χ2n) is 8.06. The maximum Gasteiger partial charge on any atom is 0.417 e. The Morgan fingerprint density at radius 1 is 0.972 bits per heavy atom. The van der Waals surface area contributed by atoms with Gasteiger partial charge in [0.1, 0.15) is 11.6 Å². The molecule has 1 atom stereocenters. The maximum absolute atomic E-state index is 13.4. The summed E-state index contributed by atoms with van der Waals surface area (Å²) in [7, 11) is -4.24. The Balaban J connectivity index is 1.60. The van der Waals surface area contributed by atoms with Gasteiger partial charge in [0.2, 0.25) is 10.0 Å². The summed E-state index contributed by atoms with van der Waals surface area (Å²) in [5.74, 6) is -1.06. The summed E-state index contributed by atoms with van der Waals surface area (Å²) >= 11 is 0. The first-order chi connectivity index (χ1) is 17.3. The van der Waals surface area contributed by atoms with Gasteiger partial charge in [-0.1, -0.05) is 42.5 Å². The van der Waals surface area contributed by atoms with Gasteiger partial charge in [-0.2, -0.15) is 4.31 Å². The van der Waals surface area contributed by atoms with Crippen LogP contribution < -0.4 is 15.8 Å². The Morgan fingerprint density at radius 3 is 2.36 bits per heavy atom. The van der Waals surface area contributed by atoms with Gasteiger partial charge >= 0.3 is 6.09 Å². The highest BCUT2D eigenvalue weighted by molar-refractivity contribution is 7.89. The number of nitrogens with two attached hydrogens (primary N) is 1. The predicted octanol–water partition coefficient (Wildman–Crippen LogP) is 2.43. The highest BCUT2D eigenvalue weighted by Gasteiger charge is 2.47. The van der Waals surface area contributed by atoms with E-state index in [1.165, 1.54) is 0 Å². The summed E-state index contributed by atoms with van der Waals surface area (Å²) in [6.07, 6.45) is -2.38. The van der Waals surface area contributed by atoms with Crippen molar-refractivity contribution in [3.63, 3.8) is 0 Å². The van der Waals surface area contributed by atoms with Crippen molar-refractivity contribution in [2.24, 2.45) is 5.73 Å². The number of amides is 2. The fourth-order valence-electron chi connectivity index (χ4n) is 3.86. The van der Waals surface area contributed by atoms with Gasteiger partial charge in [-0.25, -0.2) is 17.6 Å². The van der Waals surface area contributed by atoms with E-state index in [-0.39, 0.29) is 30.3 Å². The van der Waals surface area contributed by atoms with Crippen molar-refractivity contribution in [1.82, 2.24) is 14.5 Å². The number of carbonyl (C=O) groups is 2. The maximum atomic E-state index is 13.4. The minimum absolute atomic E-state index is 0.0766. The SMILES string of the molecule is NCc1cccc(CNC(=O)C2N(C(=O)Oc3ccccc3)CCN2S(=O)(=O)c2ccc(F)cc2)c1. The lowest BCUT2D eigenvalue weighted by molar-refractivity contribution is -0.127. The van der Waals surface area contributed by atoms with Gasteiger partial charge < -0.3 is 15.8 Å². The van der Waals surface area contributed by atoms with E-state index in [0.717, 1.165) is 44.6 Å². The molecule has 1 fully saturated rings. The molecule has 1 heterocycles. The molecule has 3 aromatic carbocycles. The van der Waals surface area contributed by atoms with Crippen LogP contribution in [0.25, 0.3) is 0 Å². The number of nitrogens with one attached hydrogen (secondary N) is 1. The summed E-state index contributed by atoms with van der Waals surface area (Å²) in [5.41, 5.74) is 7.31. The van der Waals surface area contributed by atoms with Gasteiger partial charge in [0.25, 0.3) is 5.91 Å². The van der Waals surface area contributed by atoms with E-state index in [4.69, 9.17) is 10.5 Å². The van der Waals surface area contributed by atoms with Gasteiger partial charge in [-0.3, -0.25) is 9.69 Å². The van der Waals surface area contributed by atoms with Crippen LogP contribution in [0.2, 0.25) is 0 Å². The summed E-state index contributed by atoms with van der Waals surface area (Å²) in [6.45, 7) is 0.194. The van der Waals surface area contributed by atoms with Crippen LogP contribution in [0.4, 0.5) is 9.18 Å². The Kier molecular flexibility index (Phi) is 7.63. The molecule has 1 aliphatic rings. The number of carbonyl (C=O) groups excluding carboxylic acids is 2. The quantitative estimate of drug-likeness (QED) is 0.502. The first-order valence-electron chi connectivity index (χ1n) is 11.2. The molecule has 0 saturated carbocycles. The number of benzene rings is 3. The van der Waals surface area contributed by atoms with E-state index in [0.29, 0.717) is 6.54 Å². The van der Waals surface area contributed by atoms with Crippen LogP contribution in [0, 0.1) is 5.82 Å². The molecule has 36 heavy (non-hydrogen) atoms. The number of rotatable bonds is 7. The van der Waals surface area contributed by atoms with Gasteiger partial charge in [0.15, 0.2) is 6.17 Å². The van der Waals surface area contributed by atoms with E-state index in [1.54, 1.807) is 42.5 Å². The van der Waals surface area contributed by atoms with Crippen molar-refractivity contribution in [1.29, 1.82) is 0 Å². The lowest BCUT2D eigenvalue weighted by Crippen LogP contribution is -2.54. The molecule has 0 bridgehead atoms. The molecule has 11 heteroatoms. The predicted molar refractivity (Wildman–Crippen MR) is 129 cm³/mol. The van der Waals surface area contributed by atoms with E-state index < -0.39 is 34.0 Å². The van der Waals surface area contributed by atoms with Crippen molar-refractivity contribution in [2.75, 3.05) is 13.1 Å². The monoisotopic (exact) mass is 512 g/mol. The first kappa shape index (κ1) is 25.3. The van der Waals surface area contributed by atoms with Crippen molar-refractivity contribution in [3.8, 4) is 5.75 Å². The number of para-hydroxylation sites is 1. The molecule has 0 aromatic heterocycles. The molecule has 4 rings (SSSR count). The average Bonchev–Trinajstić information content (AvgIpc) is 3.35. The second-order valence-corrected chi connectivity index (χ2v) is 9.95. The third kappa shape index (κ3) is 5.54. The van der Waals surface area contributed by atoms with Crippen LogP contribution in [-0.2, 0) is 27.9 Å². The van der Waals surface area contributed by atoms with Crippen molar-refractivity contribution < 1.29 is 27.1 Å². The standard InChI is InChI=1S/C25H25FN4O5S/c26-20-9-11-22(12-10-20)36(33,34)30-14-13-29(25(32)35-21-7-2-1-3-8-21)24(30)23(31)28-17-19-6-4-5-18(15-19)16-27/h1-12,15,24H,13-14,16-17,27H2,(H,28,31). The van der Waals surface area contributed by atoms with Crippen molar-refractivity contribution in [2.45, 2.75) is 24.2 Å². The molecule has 1 unspecified atom stereocenters. The molecule has 1 saturated heterocycles. The highest BCUT2D eigenvalue weighted by Crippen LogP contribution is 2.26. The molecule has 3 aromatic rings. The summed E-state index contributed by atoms with van der Waals surface area (Å²) in [5, 5.41) is 2.71. The molecule has 0 aliphatic carbocycles. The lowest BCUT2D eigenvalue weighted by atomic mass is 10.1. The normalized spacial score (nSPS) is 16.1. The molecular formula is C25H25FN4O5S. The fourth-order valence-corrected chi connectivity index (χ4v) is 5.40. The summed E-state index contributed by atoms with van der Waals surface area (Å²) in [4.78, 5) is 27.2. The molecule has 0 spiro atoms. The average molecular weight is 513 g/mol. The van der Waals surface area contributed by atoms with Gasteiger partial charge in [-0.15, -0.1) is 0 Å². The van der Waals surface area contributed by atoms with Crippen LogP contribution in [0.3, 0.4) is 0 Å². The van der Waals surface area contributed by atoms with E-state index in [2.05, 4.69) is 5.32 Å². The Morgan fingerprint density at radius 2 is 1.67 bits per heavy atom. The van der Waals surface area contributed by atoms with E-state index >= 15 is 0 Å². The molecule has 3 N–H and O–H groups in total. The zero-order chi connectivity index (χ0) is 25.7. The first-order valence-corrected chi connectivity index (χ1v) is 12.6. The van der Waals surface area contributed by atoms with Crippen molar-refractivity contribution in [3.05, 3.63) is 95.8 Å². The Bertz CT molecular complexity index is 1340. The van der Waals surface area contributed by atoms with E-state index in [1.807, 2.05) is 12.1 Å². The smallest absolute Gasteiger partial charge is 0.410 e. The zero-order valence-corrected chi connectivity index (χ0v) is 20.0. The molecular weight excluding hydrogens is 487 g/mol. The third-order valence-electron chi connectivity index (χ3n) is 5.66. The Labute approximate surface area is 208 Å². The van der Waals surface area contributed by atoms with Crippen molar-refractivity contribution >= 4 is 22.0 Å². The third-order valence-corrected chi connectivity index (χ3v) is 7.53. The molecule has 1 aliphatic heterocycles. The van der Waals surface area contributed by atoms with Crippen LogP contribution in [0.15, 0.2) is 83.8 Å².